The molecule has 3 aromatic rings. The Kier molecular flexibility index (Phi) is 5.55. The van der Waals surface area contributed by atoms with Crippen LogP contribution in [-0.2, 0) is 24.9 Å². The molecule has 0 spiro atoms. The molecule has 2 aromatic heterocycles. The number of anilines is 1. The second kappa shape index (κ2) is 8.11. The molecule has 1 saturated heterocycles. The lowest BCUT2D eigenvalue weighted by atomic mass is 10.2. The molecule has 1 aromatic carbocycles. The third-order valence-electron chi connectivity index (χ3n) is 4.98. The molecule has 10 heteroatoms. The van der Waals surface area contributed by atoms with Crippen molar-refractivity contribution in [2.75, 3.05) is 18.0 Å². The summed E-state index contributed by atoms with van der Waals surface area (Å²) in [5, 5.41) is 3.55. The Morgan fingerprint density at radius 1 is 1.24 bits per heavy atom. The molecule has 1 N–H and O–H groups in total. The van der Waals surface area contributed by atoms with E-state index in [1.54, 1.807) is 0 Å². The van der Waals surface area contributed by atoms with Gasteiger partial charge in [-0.2, -0.15) is 0 Å². The number of benzene rings is 1. The average Bonchev–Trinajstić information content (AvgIpc) is 3.39. The van der Waals surface area contributed by atoms with Gasteiger partial charge in [0.25, 0.3) is 5.56 Å². The Morgan fingerprint density at radius 3 is 2.69 bits per heavy atom. The highest BCUT2D eigenvalue weighted by Gasteiger charge is 2.22. The maximum atomic E-state index is 12.7. The summed E-state index contributed by atoms with van der Waals surface area (Å²) in [4.78, 5) is 44.5. The van der Waals surface area contributed by atoms with Gasteiger partial charge in [-0.1, -0.05) is 45.5 Å². The Labute approximate surface area is 178 Å². The number of aromatic nitrogens is 3. The molecule has 0 aliphatic carbocycles. The zero-order valence-corrected chi connectivity index (χ0v) is 18.3. The first-order chi connectivity index (χ1) is 14.0. The van der Waals surface area contributed by atoms with Gasteiger partial charge in [0.05, 0.1) is 0 Å². The SMILES string of the molecule is Cn1c(=O)c2sc(N3CCCC3)nc2n(CC(=O)NCc2ccccc2Br)c1=O. The molecule has 0 radical (unpaired) electrons. The summed E-state index contributed by atoms with van der Waals surface area (Å²) in [6, 6.07) is 7.60. The topological polar surface area (TPSA) is 89.2 Å². The fourth-order valence-electron chi connectivity index (χ4n) is 3.36. The lowest BCUT2D eigenvalue weighted by Gasteiger charge is -2.12. The van der Waals surface area contributed by atoms with Crippen molar-refractivity contribution >= 4 is 48.7 Å². The zero-order chi connectivity index (χ0) is 20.5. The van der Waals surface area contributed by atoms with Crippen LogP contribution in [0.4, 0.5) is 5.13 Å². The van der Waals surface area contributed by atoms with Crippen LogP contribution in [0, 0.1) is 0 Å². The molecule has 4 rings (SSSR count). The van der Waals surface area contributed by atoms with E-state index >= 15 is 0 Å². The summed E-state index contributed by atoms with van der Waals surface area (Å²) < 4.78 is 3.61. The quantitative estimate of drug-likeness (QED) is 0.605. The first kappa shape index (κ1) is 19.8. The summed E-state index contributed by atoms with van der Waals surface area (Å²) in [6.45, 7) is 1.91. The van der Waals surface area contributed by atoms with Crippen molar-refractivity contribution in [2.24, 2.45) is 7.05 Å². The summed E-state index contributed by atoms with van der Waals surface area (Å²) in [7, 11) is 1.43. The van der Waals surface area contributed by atoms with Crippen LogP contribution in [0.25, 0.3) is 10.3 Å². The monoisotopic (exact) mass is 477 g/mol. The van der Waals surface area contributed by atoms with Gasteiger partial charge in [-0.15, -0.1) is 0 Å². The fourth-order valence-corrected chi connectivity index (χ4v) is 4.88. The molecule has 0 bridgehead atoms. The van der Waals surface area contributed by atoms with E-state index in [1.165, 1.54) is 23.0 Å². The zero-order valence-electron chi connectivity index (χ0n) is 15.9. The van der Waals surface area contributed by atoms with Gasteiger partial charge in [-0.05, 0) is 24.5 Å². The highest BCUT2D eigenvalue weighted by molar-refractivity contribution is 9.10. The van der Waals surface area contributed by atoms with E-state index in [2.05, 4.69) is 31.1 Å². The van der Waals surface area contributed by atoms with Gasteiger partial charge < -0.3 is 10.2 Å². The lowest BCUT2D eigenvalue weighted by Crippen LogP contribution is -2.41. The molecule has 1 fully saturated rings. The molecule has 1 aliphatic heterocycles. The molecule has 0 saturated carbocycles. The number of hydrogen-bond acceptors (Lipinski definition) is 6. The second-order valence-electron chi connectivity index (χ2n) is 6.94. The van der Waals surface area contributed by atoms with Crippen molar-refractivity contribution in [3.8, 4) is 0 Å². The number of thiazole rings is 1. The largest absolute Gasteiger partial charge is 0.350 e. The van der Waals surface area contributed by atoms with Crippen LogP contribution in [0.5, 0.6) is 0 Å². The molecule has 0 unspecified atom stereocenters. The van der Waals surface area contributed by atoms with E-state index in [1.807, 2.05) is 24.3 Å². The summed E-state index contributed by atoms with van der Waals surface area (Å²) >= 11 is 4.73. The Balaban J connectivity index is 1.63. The van der Waals surface area contributed by atoms with Crippen LogP contribution in [0.15, 0.2) is 38.3 Å². The number of carbonyl (C=O) groups excluding carboxylic acids is 1. The predicted octanol–water partition coefficient (Wildman–Crippen LogP) is 1.84. The van der Waals surface area contributed by atoms with Crippen LogP contribution in [0.3, 0.4) is 0 Å². The first-order valence-electron chi connectivity index (χ1n) is 9.31. The van der Waals surface area contributed by atoms with Gasteiger partial charge >= 0.3 is 5.69 Å². The molecule has 3 heterocycles. The lowest BCUT2D eigenvalue weighted by molar-refractivity contribution is -0.121. The van der Waals surface area contributed by atoms with Crippen LogP contribution in [0.2, 0.25) is 0 Å². The average molecular weight is 478 g/mol. The van der Waals surface area contributed by atoms with Crippen LogP contribution in [0.1, 0.15) is 18.4 Å². The van der Waals surface area contributed by atoms with Crippen LogP contribution >= 0.6 is 27.3 Å². The van der Waals surface area contributed by atoms with E-state index in [0.29, 0.717) is 11.2 Å². The van der Waals surface area contributed by atoms with Gasteiger partial charge in [0.15, 0.2) is 10.8 Å². The number of amides is 1. The van der Waals surface area contributed by atoms with Gasteiger partial charge in [0, 0.05) is 31.2 Å². The smallest absolute Gasteiger partial charge is 0.332 e. The number of nitrogens with zero attached hydrogens (tertiary/aromatic N) is 4. The Morgan fingerprint density at radius 2 is 1.97 bits per heavy atom. The minimum Gasteiger partial charge on any atom is -0.350 e. The van der Waals surface area contributed by atoms with Crippen molar-refractivity contribution in [3.05, 3.63) is 55.1 Å². The number of carbonyl (C=O) groups is 1. The molecule has 1 aliphatic rings. The van der Waals surface area contributed by atoms with E-state index < -0.39 is 5.69 Å². The van der Waals surface area contributed by atoms with Crippen LogP contribution < -0.4 is 21.5 Å². The van der Waals surface area contributed by atoms with Crippen molar-refractivity contribution in [1.29, 1.82) is 0 Å². The molecule has 0 atom stereocenters. The van der Waals surface area contributed by atoms with Crippen molar-refractivity contribution in [2.45, 2.75) is 25.9 Å². The fraction of sp³-hybridized carbons (Fsp3) is 0.368. The third-order valence-corrected chi connectivity index (χ3v) is 6.85. The number of halogens is 1. The van der Waals surface area contributed by atoms with Gasteiger partial charge in [-0.3, -0.25) is 18.7 Å². The van der Waals surface area contributed by atoms with Crippen molar-refractivity contribution in [1.82, 2.24) is 19.4 Å². The van der Waals surface area contributed by atoms with Crippen molar-refractivity contribution < 1.29 is 4.79 Å². The van der Waals surface area contributed by atoms with Crippen LogP contribution in [-0.4, -0.2) is 33.1 Å². The highest BCUT2D eigenvalue weighted by atomic mass is 79.9. The Bertz CT molecular complexity index is 1190. The standard InChI is InChI=1S/C19H20BrN5O3S/c1-23-17(27)15-16(22-18(29-15)24-8-4-5-9-24)25(19(23)28)11-14(26)21-10-12-6-2-3-7-13(12)20/h2-3,6-7H,4-5,8-11H2,1H3,(H,21,26). The van der Waals surface area contributed by atoms with Gasteiger partial charge in [-0.25, -0.2) is 9.78 Å². The molecule has 8 nitrogen and oxygen atoms in total. The van der Waals surface area contributed by atoms with Crippen molar-refractivity contribution in [3.63, 3.8) is 0 Å². The molecule has 29 heavy (non-hydrogen) atoms. The number of rotatable bonds is 5. The number of hydrogen-bond donors (Lipinski definition) is 1. The number of fused-ring (bicyclic) bond motifs is 1. The second-order valence-corrected chi connectivity index (χ2v) is 8.78. The summed E-state index contributed by atoms with van der Waals surface area (Å²) in [6.07, 6.45) is 2.16. The summed E-state index contributed by atoms with van der Waals surface area (Å²) in [5.74, 6) is -0.321. The number of nitrogens with one attached hydrogen (secondary N) is 1. The van der Waals surface area contributed by atoms with E-state index in [4.69, 9.17) is 0 Å². The molecular weight excluding hydrogens is 458 g/mol. The molecular formula is C19H20BrN5O3S. The summed E-state index contributed by atoms with van der Waals surface area (Å²) in [5.41, 5.74) is 0.291. The minimum atomic E-state index is -0.545. The van der Waals surface area contributed by atoms with Gasteiger partial charge in [0.1, 0.15) is 11.2 Å². The van der Waals surface area contributed by atoms with Gasteiger partial charge in [0.2, 0.25) is 5.91 Å². The highest BCUT2D eigenvalue weighted by Crippen LogP contribution is 2.28. The first-order valence-corrected chi connectivity index (χ1v) is 10.9. The predicted molar refractivity (Wildman–Crippen MR) is 117 cm³/mol. The van der Waals surface area contributed by atoms with E-state index in [0.717, 1.165) is 45.7 Å². The molecule has 152 valence electrons. The maximum absolute atomic E-state index is 12.7. The maximum Gasteiger partial charge on any atom is 0.332 e. The normalized spacial score (nSPS) is 13.9. The minimum absolute atomic E-state index is 0.197. The third kappa shape index (κ3) is 3.86. The van der Waals surface area contributed by atoms with E-state index in [9.17, 15) is 14.4 Å². The Hall–Kier alpha value is -2.46. The van der Waals surface area contributed by atoms with E-state index in [-0.39, 0.29) is 23.7 Å². The molecule has 1 amide bonds.